The Morgan fingerprint density at radius 1 is 1.39 bits per heavy atom. The quantitative estimate of drug-likeness (QED) is 0.910. The Morgan fingerprint density at radius 3 is 2.61 bits per heavy atom. The zero-order valence-corrected chi connectivity index (χ0v) is 11.1. The molecule has 1 saturated heterocycles. The molecule has 0 unspecified atom stereocenters. The van der Waals surface area contributed by atoms with Crippen LogP contribution in [0.4, 0.5) is 0 Å². The molecule has 1 aliphatic heterocycles. The number of halogens is 2. The van der Waals surface area contributed by atoms with Crippen LogP contribution in [0, 0.1) is 5.92 Å². The van der Waals surface area contributed by atoms with E-state index in [0.717, 1.165) is 0 Å². The summed E-state index contributed by atoms with van der Waals surface area (Å²) >= 11 is 11.7. The highest BCUT2D eigenvalue weighted by Gasteiger charge is 2.42. The molecule has 1 amide bonds. The summed E-state index contributed by atoms with van der Waals surface area (Å²) < 4.78 is 0. The number of benzene rings is 1. The van der Waals surface area contributed by atoms with Crippen LogP contribution >= 0.6 is 23.2 Å². The van der Waals surface area contributed by atoms with Gasteiger partial charge in [0, 0.05) is 13.5 Å². The lowest BCUT2D eigenvalue weighted by Crippen LogP contribution is -2.26. The second-order valence-corrected chi connectivity index (χ2v) is 5.09. The molecule has 1 aromatic rings. The van der Waals surface area contributed by atoms with E-state index in [1.165, 1.54) is 4.90 Å². The summed E-state index contributed by atoms with van der Waals surface area (Å²) in [5.74, 6) is -1.91. The highest BCUT2D eigenvalue weighted by molar-refractivity contribution is 6.42. The number of aliphatic carboxylic acids is 1. The molecule has 1 aliphatic rings. The molecule has 6 heteroatoms. The molecule has 0 bridgehead atoms. The topological polar surface area (TPSA) is 57.6 Å². The van der Waals surface area contributed by atoms with E-state index in [-0.39, 0.29) is 12.3 Å². The number of hydrogen-bond acceptors (Lipinski definition) is 2. The van der Waals surface area contributed by atoms with Crippen molar-refractivity contribution in [2.45, 2.75) is 12.5 Å². The number of carboxylic acids is 1. The Bertz CT molecular complexity index is 518. The molecule has 1 fully saturated rings. The Labute approximate surface area is 114 Å². The van der Waals surface area contributed by atoms with Gasteiger partial charge in [0.25, 0.3) is 0 Å². The maximum Gasteiger partial charge on any atom is 0.309 e. The molecule has 1 N–H and O–H groups in total. The zero-order valence-electron chi connectivity index (χ0n) is 9.56. The fourth-order valence-corrected chi connectivity index (χ4v) is 2.55. The number of nitrogens with zero attached hydrogens (tertiary/aromatic N) is 1. The minimum Gasteiger partial charge on any atom is -0.481 e. The van der Waals surface area contributed by atoms with Crippen LogP contribution in [0.15, 0.2) is 18.2 Å². The first-order chi connectivity index (χ1) is 8.41. The van der Waals surface area contributed by atoms with E-state index in [0.29, 0.717) is 15.6 Å². The summed E-state index contributed by atoms with van der Waals surface area (Å²) in [7, 11) is 1.60. The van der Waals surface area contributed by atoms with E-state index in [1.807, 2.05) is 0 Å². The highest BCUT2D eigenvalue weighted by Crippen LogP contribution is 2.38. The van der Waals surface area contributed by atoms with E-state index in [1.54, 1.807) is 25.2 Å². The molecule has 0 saturated carbocycles. The average molecular weight is 288 g/mol. The van der Waals surface area contributed by atoms with Crippen molar-refractivity contribution in [3.8, 4) is 0 Å². The molecule has 4 nitrogen and oxygen atoms in total. The number of rotatable bonds is 2. The largest absolute Gasteiger partial charge is 0.481 e. The van der Waals surface area contributed by atoms with Crippen molar-refractivity contribution in [1.82, 2.24) is 4.90 Å². The van der Waals surface area contributed by atoms with E-state index in [2.05, 4.69) is 0 Å². The van der Waals surface area contributed by atoms with Crippen LogP contribution in [0.5, 0.6) is 0 Å². The van der Waals surface area contributed by atoms with E-state index in [9.17, 15) is 9.59 Å². The van der Waals surface area contributed by atoms with Crippen molar-refractivity contribution < 1.29 is 14.7 Å². The Morgan fingerprint density at radius 2 is 2.06 bits per heavy atom. The lowest BCUT2D eigenvalue weighted by atomic mass is 9.94. The number of amides is 1. The van der Waals surface area contributed by atoms with E-state index in [4.69, 9.17) is 28.3 Å². The first kappa shape index (κ1) is 13.2. The summed E-state index contributed by atoms with van der Waals surface area (Å²) in [5.41, 5.74) is 0.685. The van der Waals surface area contributed by atoms with Crippen LogP contribution in [0.25, 0.3) is 0 Å². The smallest absolute Gasteiger partial charge is 0.309 e. The fourth-order valence-electron chi connectivity index (χ4n) is 2.24. The van der Waals surface area contributed by atoms with Crippen molar-refractivity contribution in [3.05, 3.63) is 33.8 Å². The van der Waals surface area contributed by atoms with Crippen LogP contribution in [0.1, 0.15) is 18.0 Å². The summed E-state index contributed by atoms with van der Waals surface area (Å²) in [5, 5.41) is 9.92. The molecule has 0 aliphatic carbocycles. The van der Waals surface area contributed by atoms with Crippen molar-refractivity contribution in [1.29, 1.82) is 0 Å². The van der Waals surface area contributed by atoms with Gasteiger partial charge in [0.05, 0.1) is 22.0 Å². The van der Waals surface area contributed by atoms with Gasteiger partial charge in [-0.25, -0.2) is 0 Å². The van der Waals surface area contributed by atoms with Crippen molar-refractivity contribution in [2.24, 2.45) is 5.92 Å². The average Bonchev–Trinajstić information content (AvgIpc) is 2.60. The lowest BCUT2D eigenvalue weighted by molar-refractivity contribution is -0.142. The third-order valence-corrected chi connectivity index (χ3v) is 3.93. The van der Waals surface area contributed by atoms with E-state index >= 15 is 0 Å². The predicted molar refractivity (Wildman–Crippen MR) is 67.7 cm³/mol. The SMILES string of the molecule is CN1C(=O)C[C@@H](C(=O)O)[C@@H]1c1ccc(Cl)c(Cl)c1. The van der Waals surface area contributed by atoms with Gasteiger partial charge in [-0.1, -0.05) is 29.3 Å². The maximum absolute atomic E-state index is 11.6. The first-order valence-electron chi connectivity index (χ1n) is 5.35. The molecule has 0 radical (unpaired) electrons. The normalized spacial score (nSPS) is 23.5. The zero-order chi connectivity index (χ0) is 13.4. The molecular weight excluding hydrogens is 277 g/mol. The van der Waals surface area contributed by atoms with Crippen molar-refractivity contribution in [3.63, 3.8) is 0 Å². The molecular formula is C12H11Cl2NO3. The first-order valence-corrected chi connectivity index (χ1v) is 6.11. The summed E-state index contributed by atoms with van der Waals surface area (Å²) in [6.07, 6.45) is 0.0107. The molecule has 2 rings (SSSR count). The minimum atomic E-state index is -0.983. The molecule has 0 aromatic heterocycles. The number of hydrogen-bond donors (Lipinski definition) is 1. The van der Waals surface area contributed by atoms with Crippen LogP contribution in [0.2, 0.25) is 10.0 Å². The third-order valence-electron chi connectivity index (χ3n) is 3.19. The van der Waals surface area contributed by atoms with Crippen molar-refractivity contribution in [2.75, 3.05) is 7.05 Å². The van der Waals surface area contributed by atoms with Gasteiger partial charge in [-0.3, -0.25) is 9.59 Å². The Balaban J connectivity index is 2.42. The standard InChI is InChI=1S/C12H11Cl2NO3/c1-15-10(16)5-7(12(17)18)11(15)6-2-3-8(13)9(14)4-6/h2-4,7,11H,5H2,1H3,(H,17,18)/t7-,11+/m1/s1. The molecule has 1 heterocycles. The molecule has 1 aromatic carbocycles. The monoisotopic (exact) mass is 287 g/mol. The van der Waals surface area contributed by atoms with Gasteiger partial charge in [0.2, 0.25) is 5.91 Å². The van der Waals surface area contributed by atoms with Gasteiger partial charge >= 0.3 is 5.97 Å². The molecule has 0 spiro atoms. The lowest BCUT2D eigenvalue weighted by Gasteiger charge is -2.23. The van der Waals surface area contributed by atoms with Gasteiger partial charge in [0.15, 0.2) is 0 Å². The Hall–Kier alpha value is -1.26. The molecule has 96 valence electrons. The van der Waals surface area contributed by atoms with E-state index < -0.39 is 17.9 Å². The molecule has 2 atom stereocenters. The minimum absolute atomic E-state index is 0.0107. The predicted octanol–water partition coefficient (Wildman–Crippen LogP) is 2.60. The maximum atomic E-state index is 11.6. The number of carbonyl (C=O) groups is 2. The summed E-state index contributed by atoms with van der Waals surface area (Å²) in [6, 6.07) is 4.42. The molecule has 18 heavy (non-hydrogen) atoms. The van der Waals surface area contributed by atoms with Gasteiger partial charge in [-0.05, 0) is 17.7 Å². The third kappa shape index (κ3) is 2.18. The van der Waals surface area contributed by atoms with Crippen LogP contribution < -0.4 is 0 Å². The van der Waals surface area contributed by atoms with Gasteiger partial charge < -0.3 is 10.0 Å². The summed E-state index contributed by atoms with van der Waals surface area (Å²) in [6.45, 7) is 0. The van der Waals surface area contributed by atoms with Gasteiger partial charge in [-0.15, -0.1) is 0 Å². The van der Waals surface area contributed by atoms with Crippen LogP contribution in [-0.2, 0) is 9.59 Å². The Kier molecular flexibility index (Phi) is 3.50. The number of carbonyl (C=O) groups excluding carboxylic acids is 1. The van der Waals surface area contributed by atoms with Gasteiger partial charge in [-0.2, -0.15) is 0 Å². The highest BCUT2D eigenvalue weighted by atomic mass is 35.5. The second kappa shape index (κ2) is 4.78. The van der Waals surface area contributed by atoms with Gasteiger partial charge in [0.1, 0.15) is 0 Å². The summed E-state index contributed by atoms with van der Waals surface area (Å²) in [4.78, 5) is 24.3. The number of likely N-dealkylation sites (tertiary alicyclic amines) is 1. The van der Waals surface area contributed by atoms with Crippen molar-refractivity contribution >= 4 is 35.1 Å². The fraction of sp³-hybridized carbons (Fsp3) is 0.333. The van der Waals surface area contributed by atoms with Crippen LogP contribution in [-0.4, -0.2) is 28.9 Å². The second-order valence-electron chi connectivity index (χ2n) is 4.27. The number of carboxylic acid groups (broad SMARTS) is 1. The van der Waals surface area contributed by atoms with Crippen LogP contribution in [0.3, 0.4) is 0 Å².